The topological polar surface area (TPSA) is 9.23 Å². The van der Waals surface area contributed by atoms with Crippen LogP contribution in [0, 0.1) is 0 Å². The zero-order chi connectivity index (χ0) is 12.3. The molecule has 0 heterocycles. The van der Waals surface area contributed by atoms with Gasteiger partial charge >= 0.3 is 111 Å². The van der Waals surface area contributed by atoms with Gasteiger partial charge in [-0.05, 0) is 0 Å². The number of allylic oxidation sites excluding steroid dienone is 4. The van der Waals surface area contributed by atoms with Crippen molar-refractivity contribution in [3.05, 3.63) is 47.6 Å². The summed E-state index contributed by atoms with van der Waals surface area (Å²) < 4.78 is 7.35. The first-order valence-corrected chi connectivity index (χ1v) is 9.14. The molecule has 0 atom stereocenters. The van der Waals surface area contributed by atoms with E-state index in [0.29, 0.717) is 0 Å². The summed E-state index contributed by atoms with van der Waals surface area (Å²) in [6, 6.07) is 8.76. The van der Waals surface area contributed by atoms with Gasteiger partial charge < -0.3 is 0 Å². The average Bonchev–Trinajstić information content (AvgIpc) is 2.76. The molecule has 0 amide bonds. The van der Waals surface area contributed by atoms with Crippen LogP contribution in [0.5, 0.6) is 0 Å². The molecular weight excluding hydrogens is 244 g/mol. The Morgan fingerprint density at radius 2 is 2.06 bits per heavy atom. The van der Waals surface area contributed by atoms with Gasteiger partial charge in [-0.15, -0.1) is 0 Å². The molecule has 0 radical (unpaired) electrons. The Morgan fingerprint density at radius 3 is 2.71 bits per heavy atom. The predicted molar refractivity (Wildman–Crippen MR) is 69.9 cm³/mol. The zero-order valence-electron chi connectivity index (χ0n) is 10.8. The van der Waals surface area contributed by atoms with Crippen LogP contribution in [0.3, 0.4) is 0 Å². The van der Waals surface area contributed by atoms with Gasteiger partial charge in [0.25, 0.3) is 0 Å². The van der Waals surface area contributed by atoms with Gasteiger partial charge in [-0.2, -0.15) is 0 Å². The Hall–Kier alpha value is -0.626. The number of hydrogen-bond acceptors (Lipinski definition) is 1. The van der Waals surface area contributed by atoms with E-state index in [1.54, 1.807) is 0 Å². The van der Waals surface area contributed by atoms with Crippen molar-refractivity contribution in [3.63, 3.8) is 0 Å². The van der Waals surface area contributed by atoms with Crippen LogP contribution in [-0.4, -0.2) is 6.61 Å². The molecule has 1 aromatic carbocycles. The average molecular weight is 263 g/mol. The van der Waals surface area contributed by atoms with Gasteiger partial charge in [0.05, 0.1) is 0 Å². The fourth-order valence-electron chi connectivity index (χ4n) is 2.29. The summed E-state index contributed by atoms with van der Waals surface area (Å²) in [7, 11) is 0. The molecule has 0 saturated carbocycles. The third kappa shape index (κ3) is 2.79. The van der Waals surface area contributed by atoms with Crippen LogP contribution in [0.4, 0.5) is 0 Å². The van der Waals surface area contributed by atoms with Crippen molar-refractivity contribution in [2.45, 2.75) is 25.5 Å². The van der Waals surface area contributed by atoms with Crippen LogP contribution in [-0.2, 0) is 21.6 Å². The Labute approximate surface area is 110 Å². The normalized spacial score (nSPS) is 14.5. The van der Waals surface area contributed by atoms with Crippen molar-refractivity contribution in [2.24, 2.45) is 0 Å². The first-order valence-electron chi connectivity index (χ1n) is 6.16. The van der Waals surface area contributed by atoms with E-state index >= 15 is 0 Å². The molecule has 0 fully saturated rings. The third-order valence-electron chi connectivity index (χ3n) is 3.16. The molecule has 89 valence electrons. The van der Waals surface area contributed by atoms with Gasteiger partial charge in [0.2, 0.25) is 0 Å². The molecule has 1 nitrogen and oxygen atoms in total. The van der Waals surface area contributed by atoms with Crippen molar-refractivity contribution in [3.8, 4) is 0 Å². The molecular formula is C15H19OTi. The summed E-state index contributed by atoms with van der Waals surface area (Å²) in [5, 5.41) is 2.29. The van der Waals surface area contributed by atoms with Crippen molar-refractivity contribution in [1.82, 2.24) is 0 Å². The number of benzene rings is 1. The fourth-order valence-corrected chi connectivity index (χ4v) is 4.68. The summed E-state index contributed by atoms with van der Waals surface area (Å²) in [6.07, 6.45) is 5.54. The van der Waals surface area contributed by atoms with E-state index in [1.165, 1.54) is 20.6 Å². The Bertz CT molecular complexity index is 460. The molecule has 1 aromatic rings. The molecule has 0 unspecified atom stereocenters. The predicted octanol–water partition coefficient (Wildman–Crippen LogP) is 3.66. The number of hydrogen-bond donors (Lipinski definition) is 0. The minimum atomic E-state index is -1.53. The van der Waals surface area contributed by atoms with Crippen LogP contribution < -0.4 is 3.87 Å². The van der Waals surface area contributed by atoms with E-state index in [0.717, 1.165) is 13.0 Å². The van der Waals surface area contributed by atoms with Crippen molar-refractivity contribution >= 4 is 9.44 Å². The van der Waals surface area contributed by atoms with Crippen molar-refractivity contribution in [2.75, 3.05) is 6.61 Å². The summed E-state index contributed by atoms with van der Waals surface area (Å²) >= 11 is -1.53. The zero-order valence-corrected chi connectivity index (χ0v) is 12.3. The summed E-state index contributed by atoms with van der Waals surface area (Å²) in [5.41, 5.74) is 4.30. The van der Waals surface area contributed by atoms with E-state index in [1.807, 2.05) is 0 Å². The molecule has 0 N–H and O–H groups in total. The van der Waals surface area contributed by atoms with Gasteiger partial charge in [-0.3, -0.25) is 0 Å². The fraction of sp³-hybridized carbons (Fsp3) is 0.333. The number of rotatable bonds is 4. The van der Waals surface area contributed by atoms with Crippen LogP contribution >= 0.6 is 0 Å². The van der Waals surface area contributed by atoms with Crippen LogP contribution in [0.2, 0.25) is 5.23 Å². The van der Waals surface area contributed by atoms with E-state index in [2.05, 4.69) is 55.5 Å². The van der Waals surface area contributed by atoms with Gasteiger partial charge in [-0.1, -0.05) is 0 Å². The van der Waals surface area contributed by atoms with Crippen molar-refractivity contribution < 1.29 is 21.6 Å². The van der Waals surface area contributed by atoms with Gasteiger partial charge in [0, 0.05) is 0 Å². The first kappa shape index (κ1) is 12.8. The molecule has 0 aliphatic heterocycles. The van der Waals surface area contributed by atoms with Gasteiger partial charge in [0.15, 0.2) is 0 Å². The van der Waals surface area contributed by atoms with Crippen molar-refractivity contribution in [1.29, 1.82) is 0 Å². The molecule has 2 heteroatoms. The second kappa shape index (κ2) is 5.81. The summed E-state index contributed by atoms with van der Waals surface area (Å²) in [5.74, 6) is 0. The summed E-state index contributed by atoms with van der Waals surface area (Å²) in [6.45, 7) is 5.11. The van der Waals surface area contributed by atoms with E-state index in [-0.39, 0.29) is 0 Å². The molecule has 2 rings (SSSR count). The van der Waals surface area contributed by atoms with E-state index in [9.17, 15) is 0 Å². The minimum absolute atomic E-state index is 0.830. The molecule has 1 aliphatic rings. The second-order valence-electron chi connectivity index (χ2n) is 4.30. The standard InChI is InChI=1S/C12H11.C2H5O.CH3.Ti/c1-10-6-5-9-12(10)11-7-3-2-4-8-11;1-2-3;;/h2-7H,9H2,1H3;2H2,1H3;1H3;/q;-1;;+1. The maximum atomic E-state index is 5.89. The molecule has 0 saturated heterocycles. The molecule has 1 aliphatic carbocycles. The third-order valence-corrected chi connectivity index (χ3v) is 6.15. The summed E-state index contributed by atoms with van der Waals surface area (Å²) in [4.78, 5) is 0. The maximum absolute atomic E-state index is 5.89. The Kier molecular flexibility index (Phi) is 4.39. The second-order valence-corrected chi connectivity index (χ2v) is 7.33. The van der Waals surface area contributed by atoms with Crippen LogP contribution in [0.25, 0.3) is 5.57 Å². The van der Waals surface area contributed by atoms with Gasteiger partial charge in [0.1, 0.15) is 0 Å². The molecule has 0 bridgehead atoms. The van der Waals surface area contributed by atoms with Gasteiger partial charge in [-0.25, -0.2) is 0 Å². The molecule has 0 aromatic heterocycles. The quantitative estimate of drug-likeness (QED) is 0.753. The van der Waals surface area contributed by atoms with Crippen LogP contribution in [0.15, 0.2) is 42.0 Å². The molecule has 17 heavy (non-hydrogen) atoms. The SMILES string of the molecule is CC[O][Ti]([CH3])[c]1ccccc1C1=C(C)C=CC1. The molecule has 0 spiro atoms. The van der Waals surface area contributed by atoms with Crippen LogP contribution in [0.1, 0.15) is 25.8 Å². The van der Waals surface area contributed by atoms with E-state index < -0.39 is 18.3 Å². The Balaban J connectivity index is 2.38. The van der Waals surface area contributed by atoms with E-state index in [4.69, 9.17) is 3.32 Å². The monoisotopic (exact) mass is 263 g/mol. The Morgan fingerprint density at radius 1 is 1.29 bits per heavy atom. The first-order chi connectivity index (χ1) is 8.24.